The molecule has 7 heteroatoms. The molecule has 0 saturated carbocycles. The van der Waals surface area contributed by atoms with Gasteiger partial charge in [-0.1, -0.05) is 60.1 Å². The molecule has 4 aromatic rings. The van der Waals surface area contributed by atoms with Crippen LogP contribution in [0.2, 0.25) is 0 Å². The third-order valence-corrected chi connectivity index (χ3v) is 6.75. The maximum absolute atomic E-state index is 13.5. The van der Waals surface area contributed by atoms with E-state index in [-0.39, 0.29) is 6.03 Å². The van der Waals surface area contributed by atoms with Crippen LogP contribution < -0.4 is 10.2 Å². The molecule has 5 rings (SSSR count). The Morgan fingerprint density at radius 2 is 1.78 bits per heavy atom. The van der Waals surface area contributed by atoms with Gasteiger partial charge < -0.3 is 24.1 Å². The topological polar surface area (TPSA) is 74.8 Å². The molecule has 2 amide bonds. The number of aryl methyl sites for hydroxylation is 1. The molecule has 0 bridgehead atoms. The molecular weight excluding hydrogens is 452 g/mol. The standard InChI is InChI=1S/C29H32N4O3/c1-21-10-12-24(13-11-21)30-29(34)33(19-25-9-6-18-35-25)20-26-27(23-7-4-3-5-8-23)31-36-28(26)32-16-14-22(2)15-17-32/h3-13,18,22H,14-17,19-20H2,1-2H3,(H,30,34). The summed E-state index contributed by atoms with van der Waals surface area (Å²) in [5.41, 5.74) is 4.51. The molecule has 1 N–H and O–H groups in total. The van der Waals surface area contributed by atoms with Crippen LogP contribution in [-0.4, -0.2) is 29.2 Å². The maximum Gasteiger partial charge on any atom is 0.322 e. The van der Waals surface area contributed by atoms with Gasteiger partial charge in [0.2, 0.25) is 5.88 Å². The van der Waals surface area contributed by atoms with Crippen molar-refractivity contribution in [3.63, 3.8) is 0 Å². The van der Waals surface area contributed by atoms with E-state index in [1.165, 1.54) is 0 Å². The molecule has 2 aromatic carbocycles. The van der Waals surface area contributed by atoms with E-state index in [4.69, 9.17) is 8.94 Å². The Hall–Kier alpha value is -4.00. The quantitative estimate of drug-likeness (QED) is 0.315. The molecular formula is C29H32N4O3. The fourth-order valence-electron chi connectivity index (χ4n) is 4.55. The Morgan fingerprint density at radius 1 is 1.03 bits per heavy atom. The lowest BCUT2D eigenvalue weighted by atomic mass is 9.98. The summed E-state index contributed by atoms with van der Waals surface area (Å²) in [6.07, 6.45) is 3.83. The van der Waals surface area contributed by atoms with E-state index in [1.807, 2.05) is 73.7 Å². The summed E-state index contributed by atoms with van der Waals surface area (Å²) in [5, 5.41) is 7.52. The number of hydrogen-bond donors (Lipinski definition) is 1. The summed E-state index contributed by atoms with van der Waals surface area (Å²) >= 11 is 0. The SMILES string of the molecule is Cc1ccc(NC(=O)N(Cc2ccco2)Cc2c(-c3ccccc3)noc2N2CCC(C)CC2)cc1. The molecule has 36 heavy (non-hydrogen) atoms. The van der Waals surface area contributed by atoms with Crippen molar-refractivity contribution in [2.24, 2.45) is 5.92 Å². The number of carbonyl (C=O) groups excluding carboxylic acids is 1. The van der Waals surface area contributed by atoms with Crippen molar-refractivity contribution in [1.82, 2.24) is 10.1 Å². The molecule has 1 aliphatic rings. The van der Waals surface area contributed by atoms with Crippen LogP contribution in [0.25, 0.3) is 11.3 Å². The number of benzene rings is 2. The van der Waals surface area contributed by atoms with Gasteiger partial charge >= 0.3 is 6.03 Å². The van der Waals surface area contributed by atoms with Crippen molar-refractivity contribution < 1.29 is 13.7 Å². The normalized spacial score (nSPS) is 14.1. The predicted octanol–water partition coefficient (Wildman–Crippen LogP) is 6.71. The predicted molar refractivity (Wildman–Crippen MR) is 141 cm³/mol. The van der Waals surface area contributed by atoms with Crippen LogP contribution in [0.5, 0.6) is 0 Å². The largest absolute Gasteiger partial charge is 0.467 e. The molecule has 0 aliphatic carbocycles. The van der Waals surface area contributed by atoms with Gasteiger partial charge in [0.25, 0.3) is 0 Å². The highest BCUT2D eigenvalue weighted by atomic mass is 16.5. The second kappa shape index (κ2) is 10.7. The molecule has 7 nitrogen and oxygen atoms in total. The summed E-state index contributed by atoms with van der Waals surface area (Å²) in [6.45, 7) is 6.77. The van der Waals surface area contributed by atoms with Gasteiger partial charge in [0.15, 0.2) is 0 Å². The highest BCUT2D eigenvalue weighted by Gasteiger charge is 2.28. The fraction of sp³-hybridized carbons (Fsp3) is 0.310. The molecule has 0 radical (unpaired) electrons. The highest BCUT2D eigenvalue weighted by molar-refractivity contribution is 5.89. The average Bonchev–Trinajstić information content (AvgIpc) is 3.56. The van der Waals surface area contributed by atoms with E-state index < -0.39 is 0 Å². The van der Waals surface area contributed by atoms with E-state index in [1.54, 1.807) is 11.2 Å². The van der Waals surface area contributed by atoms with Gasteiger partial charge in [-0.25, -0.2) is 4.79 Å². The molecule has 1 fully saturated rings. The highest BCUT2D eigenvalue weighted by Crippen LogP contribution is 2.35. The Morgan fingerprint density at radius 3 is 2.47 bits per heavy atom. The first-order chi connectivity index (χ1) is 17.6. The van der Waals surface area contributed by atoms with E-state index in [0.717, 1.165) is 59.9 Å². The Labute approximate surface area is 211 Å². The van der Waals surface area contributed by atoms with Crippen molar-refractivity contribution >= 4 is 17.6 Å². The zero-order chi connectivity index (χ0) is 24.9. The summed E-state index contributed by atoms with van der Waals surface area (Å²) in [5.74, 6) is 2.14. The van der Waals surface area contributed by atoms with Crippen molar-refractivity contribution in [1.29, 1.82) is 0 Å². The average molecular weight is 485 g/mol. The zero-order valence-electron chi connectivity index (χ0n) is 20.8. The first-order valence-corrected chi connectivity index (χ1v) is 12.5. The first-order valence-electron chi connectivity index (χ1n) is 12.5. The van der Waals surface area contributed by atoms with Crippen LogP contribution in [0.1, 0.15) is 36.7 Å². The number of nitrogens with zero attached hydrogens (tertiary/aromatic N) is 3. The van der Waals surface area contributed by atoms with Crippen LogP contribution in [0.15, 0.2) is 81.9 Å². The van der Waals surface area contributed by atoms with Gasteiger partial charge in [-0.15, -0.1) is 0 Å². The molecule has 186 valence electrons. The van der Waals surface area contributed by atoms with Gasteiger partial charge in [0, 0.05) is 24.3 Å². The Bertz CT molecular complexity index is 1260. The molecule has 2 aromatic heterocycles. The number of furan rings is 1. The van der Waals surface area contributed by atoms with Crippen LogP contribution in [0.3, 0.4) is 0 Å². The van der Waals surface area contributed by atoms with Crippen molar-refractivity contribution in [3.05, 3.63) is 89.9 Å². The number of hydrogen-bond acceptors (Lipinski definition) is 5. The van der Waals surface area contributed by atoms with E-state index in [9.17, 15) is 4.79 Å². The van der Waals surface area contributed by atoms with Crippen LogP contribution in [0, 0.1) is 12.8 Å². The van der Waals surface area contributed by atoms with Crippen molar-refractivity contribution in [3.8, 4) is 11.3 Å². The monoisotopic (exact) mass is 484 g/mol. The third-order valence-electron chi connectivity index (χ3n) is 6.75. The Kier molecular flexibility index (Phi) is 7.07. The number of amides is 2. The maximum atomic E-state index is 13.5. The number of urea groups is 1. The van der Waals surface area contributed by atoms with E-state index in [2.05, 4.69) is 22.3 Å². The number of carbonyl (C=O) groups is 1. The minimum atomic E-state index is -0.214. The molecule has 0 atom stereocenters. The number of piperidine rings is 1. The number of nitrogens with one attached hydrogen (secondary N) is 1. The van der Waals surface area contributed by atoms with Gasteiger partial charge in [0.1, 0.15) is 11.5 Å². The molecule has 1 saturated heterocycles. The van der Waals surface area contributed by atoms with Crippen molar-refractivity contribution in [2.75, 3.05) is 23.3 Å². The minimum absolute atomic E-state index is 0.214. The summed E-state index contributed by atoms with van der Waals surface area (Å²) < 4.78 is 11.6. The van der Waals surface area contributed by atoms with Gasteiger partial charge in [0.05, 0.1) is 24.9 Å². The lowest BCUT2D eigenvalue weighted by molar-refractivity contribution is 0.201. The smallest absolute Gasteiger partial charge is 0.322 e. The Balaban J connectivity index is 1.48. The minimum Gasteiger partial charge on any atom is -0.467 e. The summed E-state index contributed by atoms with van der Waals surface area (Å²) in [4.78, 5) is 17.5. The number of aromatic nitrogens is 1. The first kappa shape index (κ1) is 23.7. The van der Waals surface area contributed by atoms with Crippen LogP contribution in [-0.2, 0) is 13.1 Å². The fourth-order valence-corrected chi connectivity index (χ4v) is 4.55. The van der Waals surface area contributed by atoms with Crippen LogP contribution >= 0.6 is 0 Å². The van der Waals surface area contributed by atoms with Gasteiger partial charge in [-0.3, -0.25) is 0 Å². The summed E-state index contributed by atoms with van der Waals surface area (Å²) in [7, 11) is 0. The van der Waals surface area contributed by atoms with Crippen LogP contribution in [0.4, 0.5) is 16.4 Å². The number of anilines is 2. The van der Waals surface area contributed by atoms with Gasteiger partial charge in [-0.2, -0.15) is 0 Å². The van der Waals surface area contributed by atoms with Crippen molar-refractivity contribution in [2.45, 2.75) is 39.8 Å². The van der Waals surface area contributed by atoms with E-state index >= 15 is 0 Å². The number of rotatable bonds is 7. The van der Waals surface area contributed by atoms with Gasteiger partial charge in [-0.05, 0) is 49.9 Å². The lowest BCUT2D eigenvalue weighted by Crippen LogP contribution is -2.36. The molecule has 0 unspecified atom stereocenters. The molecule has 1 aliphatic heterocycles. The lowest BCUT2D eigenvalue weighted by Gasteiger charge is -2.31. The summed E-state index contributed by atoms with van der Waals surface area (Å²) in [6, 6.07) is 21.3. The zero-order valence-corrected chi connectivity index (χ0v) is 20.8. The molecule has 0 spiro atoms. The molecule has 3 heterocycles. The van der Waals surface area contributed by atoms with E-state index in [0.29, 0.717) is 24.8 Å². The third kappa shape index (κ3) is 5.46. The second-order valence-corrected chi connectivity index (χ2v) is 9.58. The second-order valence-electron chi connectivity index (χ2n) is 9.58.